The van der Waals surface area contributed by atoms with Crippen molar-refractivity contribution in [3.63, 3.8) is 0 Å². The topological polar surface area (TPSA) is 79.6 Å². The Morgan fingerprint density at radius 2 is 1.73 bits per heavy atom. The number of hydrogen-bond donors (Lipinski definition) is 1. The van der Waals surface area contributed by atoms with Crippen LogP contribution >= 0.6 is 0 Å². The van der Waals surface area contributed by atoms with E-state index in [0.717, 1.165) is 16.5 Å². The summed E-state index contributed by atoms with van der Waals surface area (Å²) in [7, 11) is -4.18. The van der Waals surface area contributed by atoms with Crippen molar-refractivity contribution in [3.8, 4) is 0 Å². The third-order valence-corrected chi connectivity index (χ3v) is 4.02. The highest BCUT2D eigenvalue weighted by molar-refractivity contribution is 7.85. The molecule has 0 aliphatic carbocycles. The van der Waals surface area contributed by atoms with E-state index in [-0.39, 0.29) is 4.90 Å². The Labute approximate surface area is 127 Å². The van der Waals surface area contributed by atoms with Crippen LogP contribution in [0, 0.1) is 0 Å². The normalized spacial score (nSPS) is 12.0. The second kappa shape index (κ2) is 5.67. The zero-order chi connectivity index (χ0) is 15.6. The summed E-state index contributed by atoms with van der Waals surface area (Å²) in [5.41, 5.74) is 2.31. The van der Waals surface area contributed by atoms with Crippen molar-refractivity contribution in [2.45, 2.75) is 4.90 Å². The number of pyridine rings is 1. The average molecular weight is 312 g/mol. The van der Waals surface area contributed by atoms with Crippen molar-refractivity contribution in [1.82, 2.24) is 4.98 Å². The molecule has 1 aromatic heterocycles. The number of fused-ring (bicyclic) bond motifs is 1. The summed E-state index contributed by atoms with van der Waals surface area (Å²) in [5.74, 6) is 0. The molecular formula is C16H12N2O3S. The van der Waals surface area contributed by atoms with E-state index in [4.69, 9.17) is 4.55 Å². The molecule has 0 fully saturated rings. The third-order valence-electron chi connectivity index (χ3n) is 3.15. The molecular weight excluding hydrogens is 300 g/mol. The third kappa shape index (κ3) is 3.03. The minimum atomic E-state index is -4.18. The van der Waals surface area contributed by atoms with Gasteiger partial charge < -0.3 is 0 Å². The van der Waals surface area contributed by atoms with Crippen LogP contribution < -0.4 is 0 Å². The quantitative estimate of drug-likeness (QED) is 0.595. The maximum atomic E-state index is 11.0. The molecule has 1 N–H and O–H groups in total. The van der Waals surface area contributed by atoms with E-state index in [1.807, 2.05) is 30.3 Å². The maximum absolute atomic E-state index is 11.0. The monoisotopic (exact) mass is 312 g/mol. The maximum Gasteiger partial charge on any atom is 0.294 e. The van der Waals surface area contributed by atoms with Crippen molar-refractivity contribution in [2.75, 3.05) is 0 Å². The lowest BCUT2D eigenvalue weighted by molar-refractivity contribution is 0.483. The Balaban J connectivity index is 1.93. The van der Waals surface area contributed by atoms with Gasteiger partial charge in [0.15, 0.2) is 0 Å². The van der Waals surface area contributed by atoms with Gasteiger partial charge in [0, 0.05) is 23.4 Å². The molecule has 5 nitrogen and oxygen atoms in total. The molecule has 0 radical (unpaired) electrons. The number of aliphatic imine (C=N–C) groups is 1. The second-order valence-corrected chi connectivity index (χ2v) is 6.07. The minimum absolute atomic E-state index is 0.154. The Morgan fingerprint density at radius 1 is 1.00 bits per heavy atom. The molecule has 0 saturated carbocycles. The SMILES string of the molecule is O=S(=O)(O)c1ccc(N=Cc2cccc3cccnc23)cc1. The first-order chi connectivity index (χ1) is 10.5. The summed E-state index contributed by atoms with van der Waals surface area (Å²) in [5, 5.41) is 1.02. The molecule has 3 rings (SSSR count). The lowest BCUT2D eigenvalue weighted by Crippen LogP contribution is -1.96. The first kappa shape index (κ1) is 14.4. The molecule has 0 bridgehead atoms. The summed E-state index contributed by atoms with van der Waals surface area (Å²) in [6.45, 7) is 0. The van der Waals surface area contributed by atoms with Crippen molar-refractivity contribution in [1.29, 1.82) is 0 Å². The van der Waals surface area contributed by atoms with E-state index in [1.165, 1.54) is 24.3 Å². The molecule has 0 saturated heterocycles. The fraction of sp³-hybridized carbons (Fsp3) is 0. The molecule has 0 aliphatic rings. The Bertz CT molecular complexity index is 943. The molecule has 1 heterocycles. The number of hydrogen-bond acceptors (Lipinski definition) is 4. The van der Waals surface area contributed by atoms with E-state index in [2.05, 4.69) is 9.98 Å². The molecule has 110 valence electrons. The summed E-state index contributed by atoms with van der Waals surface area (Å²) in [6.07, 6.45) is 3.40. The van der Waals surface area contributed by atoms with Gasteiger partial charge in [-0.2, -0.15) is 8.42 Å². The van der Waals surface area contributed by atoms with E-state index in [0.29, 0.717) is 5.69 Å². The van der Waals surface area contributed by atoms with Crippen LogP contribution in [0.5, 0.6) is 0 Å². The zero-order valence-corrected chi connectivity index (χ0v) is 12.2. The number of rotatable bonds is 3. The number of nitrogens with zero attached hydrogens (tertiary/aromatic N) is 2. The Morgan fingerprint density at radius 3 is 2.45 bits per heavy atom. The van der Waals surface area contributed by atoms with E-state index < -0.39 is 10.1 Å². The number of aromatic nitrogens is 1. The average Bonchev–Trinajstić information content (AvgIpc) is 2.52. The molecule has 0 aliphatic heterocycles. The molecule has 6 heteroatoms. The van der Waals surface area contributed by atoms with E-state index in [9.17, 15) is 8.42 Å². The number of benzene rings is 2. The highest BCUT2D eigenvalue weighted by atomic mass is 32.2. The van der Waals surface area contributed by atoms with Crippen LogP contribution in [-0.2, 0) is 10.1 Å². The lowest BCUT2D eigenvalue weighted by atomic mass is 10.1. The Kier molecular flexibility index (Phi) is 3.70. The van der Waals surface area contributed by atoms with Gasteiger partial charge in [0.2, 0.25) is 0 Å². The highest BCUT2D eigenvalue weighted by Crippen LogP contribution is 2.18. The fourth-order valence-corrected chi connectivity index (χ4v) is 2.56. The van der Waals surface area contributed by atoms with Crippen molar-refractivity contribution >= 4 is 32.9 Å². The van der Waals surface area contributed by atoms with Gasteiger partial charge in [-0.3, -0.25) is 14.5 Å². The second-order valence-electron chi connectivity index (χ2n) is 4.65. The molecule has 0 amide bonds. The van der Waals surface area contributed by atoms with Gasteiger partial charge in [-0.15, -0.1) is 0 Å². The van der Waals surface area contributed by atoms with Crippen LogP contribution in [0.3, 0.4) is 0 Å². The molecule has 0 unspecified atom stereocenters. The van der Waals surface area contributed by atoms with Crippen molar-refractivity contribution in [2.24, 2.45) is 4.99 Å². The minimum Gasteiger partial charge on any atom is -0.282 e. The molecule has 2 aromatic carbocycles. The smallest absolute Gasteiger partial charge is 0.282 e. The van der Waals surface area contributed by atoms with Crippen molar-refractivity contribution < 1.29 is 13.0 Å². The summed E-state index contributed by atoms with van der Waals surface area (Å²) in [6, 6.07) is 15.3. The predicted octanol–water partition coefficient (Wildman–Crippen LogP) is 3.23. The summed E-state index contributed by atoms with van der Waals surface area (Å²) < 4.78 is 30.9. The van der Waals surface area contributed by atoms with Gasteiger partial charge in [-0.05, 0) is 30.3 Å². The van der Waals surface area contributed by atoms with Crippen LogP contribution in [0.2, 0.25) is 0 Å². The van der Waals surface area contributed by atoms with Gasteiger partial charge in [-0.25, -0.2) is 0 Å². The van der Waals surface area contributed by atoms with Gasteiger partial charge in [0.25, 0.3) is 10.1 Å². The lowest BCUT2D eigenvalue weighted by Gasteiger charge is -2.01. The summed E-state index contributed by atoms with van der Waals surface area (Å²) >= 11 is 0. The van der Waals surface area contributed by atoms with Crippen molar-refractivity contribution in [3.05, 3.63) is 66.4 Å². The van der Waals surface area contributed by atoms with E-state index in [1.54, 1.807) is 12.4 Å². The van der Waals surface area contributed by atoms with Gasteiger partial charge in [0.1, 0.15) is 0 Å². The first-order valence-corrected chi connectivity index (χ1v) is 7.93. The van der Waals surface area contributed by atoms with Crippen LogP contribution in [0.25, 0.3) is 10.9 Å². The van der Waals surface area contributed by atoms with Gasteiger partial charge in [0.05, 0.1) is 16.1 Å². The van der Waals surface area contributed by atoms with Crippen LogP contribution in [0.1, 0.15) is 5.56 Å². The largest absolute Gasteiger partial charge is 0.294 e. The molecule has 22 heavy (non-hydrogen) atoms. The van der Waals surface area contributed by atoms with Crippen LogP contribution in [-0.4, -0.2) is 24.2 Å². The molecule has 0 atom stereocenters. The van der Waals surface area contributed by atoms with Gasteiger partial charge in [-0.1, -0.05) is 24.3 Å². The predicted molar refractivity (Wildman–Crippen MR) is 85.3 cm³/mol. The first-order valence-electron chi connectivity index (χ1n) is 6.49. The van der Waals surface area contributed by atoms with Gasteiger partial charge >= 0.3 is 0 Å². The zero-order valence-electron chi connectivity index (χ0n) is 11.4. The van der Waals surface area contributed by atoms with E-state index >= 15 is 0 Å². The molecule has 3 aromatic rings. The van der Waals surface area contributed by atoms with Crippen LogP contribution in [0.15, 0.2) is 70.7 Å². The summed E-state index contributed by atoms with van der Waals surface area (Å²) in [4.78, 5) is 8.49. The molecule has 0 spiro atoms. The Hall–Kier alpha value is -2.57. The van der Waals surface area contributed by atoms with Crippen LogP contribution in [0.4, 0.5) is 5.69 Å². The highest BCUT2D eigenvalue weighted by Gasteiger charge is 2.07. The standard InChI is InChI=1S/C16H12N2O3S/c19-22(20,21)15-8-6-14(7-9-15)18-11-13-4-1-3-12-5-2-10-17-16(12)13/h1-11H,(H,19,20,21). The fourth-order valence-electron chi connectivity index (χ4n) is 2.08. The number of para-hydroxylation sites is 1.